The zero-order chi connectivity index (χ0) is 26.7. The highest BCUT2D eigenvalue weighted by Gasteiger charge is 2.34. The van der Waals surface area contributed by atoms with E-state index in [0.29, 0.717) is 5.56 Å². The van der Waals surface area contributed by atoms with Crippen LogP contribution in [0.4, 0.5) is 22.0 Å². The topological polar surface area (TPSA) is 92.3 Å². The fraction of sp³-hybridized carbons (Fsp3) is 0.261. The van der Waals surface area contributed by atoms with Crippen molar-refractivity contribution in [1.82, 2.24) is 19.6 Å². The third kappa shape index (κ3) is 6.40. The van der Waals surface area contributed by atoms with E-state index in [-0.39, 0.29) is 22.6 Å². The Labute approximate surface area is 204 Å². The van der Waals surface area contributed by atoms with Gasteiger partial charge in [0.1, 0.15) is 11.6 Å². The van der Waals surface area contributed by atoms with Crippen molar-refractivity contribution >= 4 is 15.9 Å². The third-order valence-corrected chi connectivity index (χ3v) is 7.07. The molecule has 0 unspecified atom stereocenters. The zero-order valence-electron chi connectivity index (χ0n) is 19.1. The van der Waals surface area contributed by atoms with Gasteiger partial charge >= 0.3 is 6.18 Å². The number of rotatable bonds is 8. The number of benzene rings is 2. The van der Waals surface area contributed by atoms with Gasteiger partial charge < -0.3 is 5.32 Å². The van der Waals surface area contributed by atoms with Crippen LogP contribution in [-0.2, 0) is 27.5 Å². The van der Waals surface area contributed by atoms with Crippen molar-refractivity contribution in [2.75, 3.05) is 6.54 Å². The molecule has 0 saturated heterocycles. The van der Waals surface area contributed by atoms with E-state index >= 15 is 0 Å². The van der Waals surface area contributed by atoms with Crippen molar-refractivity contribution in [3.05, 3.63) is 77.9 Å². The minimum atomic E-state index is -4.74. The highest BCUT2D eigenvalue weighted by molar-refractivity contribution is 7.89. The minimum absolute atomic E-state index is 0.00468. The van der Waals surface area contributed by atoms with Gasteiger partial charge in [-0.3, -0.25) is 4.79 Å². The van der Waals surface area contributed by atoms with Crippen LogP contribution in [0.5, 0.6) is 0 Å². The SMILES string of the molecule is CC(C)N(CC(=O)NCc1ccc(F)c(-c2cnc(C(F)(F)F)nc2)c1)S(=O)(=O)c1ccc(F)cc1. The number of carbonyl (C=O) groups excluding carboxylic acids is 1. The summed E-state index contributed by atoms with van der Waals surface area (Å²) in [4.78, 5) is 18.8. The first-order chi connectivity index (χ1) is 16.8. The van der Waals surface area contributed by atoms with Gasteiger partial charge in [-0.2, -0.15) is 17.5 Å². The summed E-state index contributed by atoms with van der Waals surface area (Å²) in [6.45, 7) is 2.51. The van der Waals surface area contributed by atoms with Gasteiger partial charge in [0.25, 0.3) is 0 Å². The predicted octanol–water partition coefficient (Wildman–Crippen LogP) is 4.16. The van der Waals surface area contributed by atoms with E-state index in [1.807, 2.05) is 0 Å². The second-order valence-electron chi connectivity index (χ2n) is 7.98. The van der Waals surface area contributed by atoms with Gasteiger partial charge in [0.2, 0.25) is 21.8 Å². The number of nitrogens with one attached hydrogen (secondary N) is 1. The predicted molar refractivity (Wildman–Crippen MR) is 120 cm³/mol. The molecule has 0 aliphatic rings. The van der Waals surface area contributed by atoms with E-state index in [1.54, 1.807) is 13.8 Å². The van der Waals surface area contributed by atoms with Crippen LogP contribution < -0.4 is 5.32 Å². The summed E-state index contributed by atoms with van der Waals surface area (Å²) in [5.41, 5.74) is 0.334. The Morgan fingerprint density at radius 2 is 1.64 bits per heavy atom. The van der Waals surface area contributed by atoms with Crippen molar-refractivity contribution in [2.45, 2.75) is 37.5 Å². The summed E-state index contributed by atoms with van der Waals surface area (Å²) in [6, 6.07) is 7.36. The smallest absolute Gasteiger partial charge is 0.351 e. The van der Waals surface area contributed by atoms with E-state index < -0.39 is 52.2 Å². The van der Waals surface area contributed by atoms with E-state index in [1.165, 1.54) is 12.1 Å². The largest absolute Gasteiger partial charge is 0.451 e. The molecule has 0 atom stereocenters. The molecule has 192 valence electrons. The molecule has 13 heteroatoms. The van der Waals surface area contributed by atoms with Crippen molar-refractivity contribution in [3.63, 3.8) is 0 Å². The molecule has 0 aliphatic carbocycles. The van der Waals surface area contributed by atoms with Gasteiger partial charge in [0.15, 0.2) is 0 Å². The molecule has 0 spiro atoms. The fourth-order valence-corrected chi connectivity index (χ4v) is 4.80. The van der Waals surface area contributed by atoms with Gasteiger partial charge in [-0.1, -0.05) is 6.07 Å². The van der Waals surface area contributed by atoms with Gasteiger partial charge in [0.05, 0.1) is 11.4 Å². The summed E-state index contributed by atoms with van der Waals surface area (Å²) < 4.78 is 92.3. The fourth-order valence-electron chi connectivity index (χ4n) is 3.20. The lowest BCUT2D eigenvalue weighted by Crippen LogP contribution is -2.44. The highest BCUT2D eigenvalue weighted by atomic mass is 32.2. The summed E-state index contributed by atoms with van der Waals surface area (Å²) in [5, 5.41) is 2.54. The van der Waals surface area contributed by atoms with Crippen molar-refractivity contribution in [3.8, 4) is 11.1 Å². The number of nitrogens with zero attached hydrogens (tertiary/aromatic N) is 3. The number of carbonyl (C=O) groups is 1. The highest BCUT2D eigenvalue weighted by Crippen LogP contribution is 2.28. The zero-order valence-corrected chi connectivity index (χ0v) is 19.9. The molecule has 0 aliphatic heterocycles. The molecule has 3 rings (SSSR count). The lowest BCUT2D eigenvalue weighted by molar-refractivity contribution is -0.145. The molecule has 36 heavy (non-hydrogen) atoms. The minimum Gasteiger partial charge on any atom is -0.351 e. The Kier molecular flexibility index (Phi) is 8.04. The number of sulfonamides is 1. The molecule has 1 aromatic heterocycles. The molecular formula is C23H21F5N4O3S. The maximum absolute atomic E-state index is 14.3. The van der Waals surface area contributed by atoms with Crippen LogP contribution in [0.1, 0.15) is 25.2 Å². The quantitative estimate of drug-likeness (QED) is 0.444. The van der Waals surface area contributed by atoms with E-state index in [0.717, 1.165) is 47.0 Å². The first kappa shape index (κ1) is 27.1. The first-order valence-corrected chi connectivity index (χ1v) is 11.9. The van der Waals surface area contributed by atoms with Crippen molar-refractivity contribution < 1.29 is 35.2 Å². The molecular weight excluding hydrogens is 507 g/mol. The van der Waals surface area contributed by atoms with Crippen LogP contribution in [0.2, 0.25) is 0 Å². The standard InChI is InChI=1S/C23H21F5N4O3S/c1-14(2)32(36(34,35)18-6-4-17(24)5-7-18)13-21(33)29-10-15-3-8-20(25)19(9-15)16-11-30-22(31-12-16)23(26,27)28/h3-9,11-12,14H,10,13H2,1-2H3,(H,29,33). The summed E-state index contributed by atoms with van der Waals surface area (Å²) in [5.74, 6) is -3.35. The van der Waals surface area contributed by atoms with Crippen LogP contribution in [0.25, 0.3) is 11.1 Å². The second kappa shape index (κ2) is 10.7. The Balaban J connectivity index is 1.72. The van der Waals surface area contributed by atoms with Gasteiger partial charge in [-0.05, 0) is 55.8 Å². The Bertz CT molecular complexity index is 1330. The summed E-state index contributed by atoms with van der Waals surface area (Å²) >= 11 is 0. The number of halogens is 5. The van der Waals surface area contributed by atoms with Crippen LogP contribution in [0.15, 0.2) is 59.8 Å². The lowest BCUT2D eigenvalue weighted by Gasteiger charge is -2.25. The summed E-state index contributed by atoms with van der Waals surface area (Å²) in [6.07, 6.45) is -3.05. The van der Waals surface area contributed by atoms with E-state index in [9.17, 15) is 35.2 Å². The Morgan fingerprint density at radius 3 is 2.19 bits per heavy atom. The molecule has 2 aromatic carbocycles. The van der Waals surface area contributed by atoms with Crippen LogP contribution in [0, 0.1) is 11.6 Å². The molecule has 1 amide bonds. The van der Waals surface area contributed by atoms with Gasteiger partial charge in [0, 0.05) is 36.1 Å². The number of hydrogen-bond acceptors (Lipinski definition) is 5. The average Bonchev–Trinajstić information content (AvgIpc) is 2.81. The maximum atomic E-state index is 14.3. The third-order valence-electron chi connectivity index (χ3n) is 5.03. The number of hydrogen-bond donors (Lipinski definition) is 1. The summed E-state index contributed by atoms with van der Waals surface area (Å²) in [7, 11) is -4.10. The normalized spacial score (nSPS) is 12.2. The molecule has 0 radical (unpaired) electrons. The molecule has 1 N–H and O–H groups in total. The monoisotopic (exact) mass is 528 g/mol. The number of alkyl halides is 3. The van der Waals surface area contributed by atoms with E-state index in [2.05, 4.69) is 15.3 Å². The number of amides is 1. The molecule has 0 saturated carbocycles. The van der Waals surface area contributed by atoms with E-state index in [4.69, 9.17) is 0 Å². The molecule has 0 fully saturated rings. The van der Waals surface area contributed by atoms with Crippen LogP contribution in [0.3, 0.4) is 0 Å². The molecule has 3 aromatic rings. The van der Waals surface area contributed by atoms with Crippen LogP contribution >= 0.6 is 0 Å². The van der Waals surface area contributed by atoms with Crippen LogP contribution in [-0.4, -0.2) is 41.2 Å². The second-order valence-corrected chi connectivity index (χ2v) is 9.87. The van der Waals surface area contributed by atoms with Gasteiger partial charge in [-0.15, -0.1) is 0 Å². The average molecular weight is 529 g/mol. The lowest BCUT2D eigenvalue weighted by atomic mass is 10.0. The Morgan fingerprint density at radius 1 is 1.03 bits per heavy atom. The molecule has 0 bridgehead atoms. The van der Waals surface area contributed by atoms with Crippen molar-refractivity contribution in [1.29, 1.82) is 0 Å². The Hall–Kier alpha value is -3.45. The van der Waals surface area contributed by atoms with Crippen molar-refractivity contribution in [2.24, 2.45) is 0 Å². The first-order valence-electron chi connectivity index (χ1n) is 10.5. The van der Waals surface area contributed by atoms with Gasteiger partial charge in [-0.25, -0.2) is 27.2 Å². The number of aromatic nitrogens is 2. The molecule has 7 nitrogen and oxygen atoms in total. The molecule has 1 heterocycles. The maximum Gasteiger partial charge on any atom is 0.451 e.